The maximum absolute atomic E-state index is 3.50. The molecule has 0 aromatic carbocycles. The molecule has 1 rings (SSSR count). The Morgan fingerprint density at radius 2 is 2.25 bits per heavy atom. The maximum Gasteiger partial charge on any atom is 0.0300 e. The van der Waals surface area contributed by atoms with Crippen LogP contribution in [0.4, 0.5) is 0 Å². The predicted octanol–water partition coefficient (Wildman–Crippen LogP) is 3.93. The SMILES string of the molecule is CCC(C)CSCCNCc1ccc(C)s1. The van der Waals surface area contributed by atoms with Gasteiger partial charge >= 0.3 is 0 Å². The van der Waals surface area contributed by atoms with Crippen molar-refractivity contribution in [3.63, 3.8) is 0 Å². The fourth-order valence-electron chi connectivity index (χ4n) is 1.34. The lowest BCUT2D eigenvalue weighted by molar-refractivity contribution is 0.636. The average Bonchev–Trinajstić information content (AvgIpc) is 2.69. The van der Waals surface area contributed by atoms with E-state index < -0.39 is 0 Å². The van der Waals surface area contributed by atoms with Crippen LogP contribution >= 0.6 is 23.1 Å². The Morgan fingerprint density at radius 1 is 1.44 bits per heavy atom. The van der Waals surface area contributed by atoms with Gasteiger partial charge in [0.25, 0.3) is 0 Å². The van der Waals surface area contributed by atoms with Gasteiger partial charge in [-0.05, 0) is 30.7 Å². The lowest BCUT2D eigenvalue weighted by atomic mass is 10.2. The van der Waals surface area contributed by atoms with Crippen LogP contribution in [0.15, 0.2) is 12.1 Å². The minimum atomic E-state index is 0.866. The zero-order chi connectivity index (χ0) is 11.8. The van der Waals surface area contributed by atoms with Crippen LogP contribution < -0.4 is 5.32 Å². The average molecular weight is 257 g/mol. The minimum Gasteiger partial charge on any atom is -0.311 e. The number of hydrogen-bond donors (Lipinski definition) is 1. The van der Waals surface area contributed by atoms with Crippen molar-refractivity contribution < 1.29 is 0 Å². The maximum atomic E-state index is 3.50. The van der Waals surface area contributed by atoms with Crippen molar-refractivity contribution in [1.82, 2.24) is 5.32 Å². The quantitative estimate of drug-likeness (QED) is 0.708. The Labute approximate surface area is 108 Å². The van der Waals surface area contributed by atoms with Gasteiger partial charge in [-0.2, -0.15) is 11.8 Å². The van der Waals surface area contributed by atoms with Gasteiger partial charge in [-0.15, -0.1) is 11.3 Å². The summed E-state index contributed by atoms with van der Waals surface area (Å²) in [7, 11) is 0. The molecular weight excluding hydrogens is 234 g/mol. The van der Waals surface area contributed by atoms with E-state index in [1.54, 1.807) is 0 Å². The van der Waals surface area contributed by atoms with Gasteiger partial charge in [-0.3, -0.25) is 0 Å². The molecule has 0 spiro atoms. The van der Waals surface area contributed by atoms with Crippen LogP contribution in [-0.2, 0) is 6.54 Å². The molecule has 0 bridgehead atoms. The third-order valence-corrected chi connectivity index (χ3v) is 4.92. The molecule has 0 aliphatic rings. The van der Waals surface area contributed by atoms with Crippen molar-refractivity contribution in [3.05, 3.63) is 21.9 Å². The summed E-state index contributed by atoms with van der Waals surface area (Å²) in [5, 5.41) is 3.50. The van der Waals surface area contributed by atoms with Crippen molar-refractivity contribution in [1.29, 1.82) is 0 Å². The Morgan fingerprint density at radius 3 is 2.88 bits per heavy atom. The summed E-state index contributed by atoms with van der Waals surface area (Å²) < 4.78 is 0. The van der Waals surface area contributed by atoms with Crippen LogP contribution in [0.25, 0.3) is 0 Å². The zero-order valence-electron chi connectivity index (χ0n) is 10.6. The van der Waals surface area contributed by atoms with Crippen LogP contribution in [0.5, 0.6) is 0 Å². The number of thiophene rings is 1. The third kappa shape index (κ3) is 5.92. The molecular formula is C13H23NS2. The van der Waals surface area contributed by atoms with Gasteiger partial charge in [0, 0.05) is 28.6 Å². The van der Waals surface area contributed by atoms with Crippen molar-refractivity contribution in [2.24, 2.45) is 5.92 Å². The van der Waals surface area contributed by atoms with Crippen LogP contribution in [-0.4, -0.2) is 18.1 Å². The molecule has 0 aliphatic heterocycles. The van der Waals surface area contributed by atoms with Crippen molar-refractivity contribution in [3.8, 4) is 0 Å². The third-order valence-electron chi connectivity index (χ3n) is 2.62. The summed E-state index contributed by atoms with van der Waals surface area (Å²) in [5.41, 5.74) is 0. The topological polar surface area (TPSA) is 12.0 Å². The molecule has 1 unspecified atom stereocenters. The van der Waals surface area contributed by atoms with Crippen molar-refractivity contribution in [2.75, 3.05) is 18.1 Å². The van der Waals surface area contributed by atoms with Crippen LogP contribution in [0.3, 0.4) is 0 Å². The largest absolute Gasteiger partial charge is 0.311 e. The van der Waals surface area contributed by atoms with E-state index in [0.29, 0.717) is 0 Å². The summed E-state index contributed by atoms with van der Waals surface area (Å²) in [6, 6.07) is 4.42. The van der Waals surface area contributed by atoms with E-state index in [4.69, 9.17) is 0 Å². The van der Waals surface area contributed by atoms with Crippen LogP contribution in [0.1, 0.15) is 30.0 Å². The molecule has 92 valence electrons. The Balaban J connectivity index is 1.96. The molecule has 1 atom stereocenters. The van der Waals surface area contributed by atoms with E-state index in [1.165, 1.54) is 27.7 Å². The fourth-order valence-corrected chi connectivity index (χ4v) is 3.29. The summed E-state index contributed by atoms with van der Waals surface area (Å²) in [5.74, 6) is 3.40. The van der Waals surface area contributed by atoms with Gasteiger partial charge in [0.2, 0.25) is 0 Å². The molecule has 1 nitrogen and oxygen atoms in total. The van der Waals surface area contributed by atoms with Gasteiger partial charge in [-0.1, -0.05) is 20.3 Å². The van der Waals surface area contributed by atoms with E-state index >= 15 is 0 Å². The molecule has 1 heterocycles. The fraction of sp³-hybridized carbons (Fsp3) is 0.692. The molecule has 0 saturated heterocycles. The molecule has 3 heteroatoms. The van der Waals surface area contributed by atoms with E-state index in [-0.39, 0.29) is 0 Å². The zero-order valence-corrected chi connectivity index (χ0v) is 12.2. The second-order valence-corrected chi connectivity index (χ2v) is 6.80. The Kier molecular flexibility index (Phi) is 7.17. The van der Waals surface area contributed by atoms with E-state index in [2.05, 4.69) is 50.0 Å². The number of nitrogens with one attached hydrogen (secondary N) is 1. The van der Waals surface area contributed by atoms with Crippen LogP contribution in [0.2, 0.25) is 0 Å². The monoisotopic (exact) mass is 257 g/mol. The highest BCUT2D eigenvalue weighted by Crippen LogP contribution is 2.14. The van der Waals surface area contributed by atoms with Crippen molar-refractivity contribution in [2.45, 2.75) is 33.7 Å². The molecule has 1 aromatic heterocycles. The molecule has 1 N–H and O–H groups in total. The predicted molar refractivity (Wildman–Crippen MR) is 77.5 cm³/mol. The first-order valence-corrected chi connectivity index (χ1v) is 8.03. The second-order valence-electron chi connectivity index (χ2n) is 4.28. The molecule has 16 heavy (non-hydrogen) atoms. The van der Waals surface area contributed by atoms with Gasteiger partial charge in [-0.25, -0.2) is 0 Å². The molecule has 0 amide bonds. The summed E-state index contributed by atoms with van der Waals surface area (Å²) in [6.45, 7) is 8.91. The van der Waals surface area contributed by atoms with Gasteiger partial charge < -0.3 is 5.32 Å². The standard InChI is InChI=1S/C13H23NS2/c1-4-11(2)10-15-8-7-14-9-13-6-5-12(3)16-13/h5-6,11,14H,4,7-10H2,1-3H3. The summed E-state index contributed by atoms with van der Waals surface area (Å²) >= 11 is 3.96. The van der Waals surface area contributed by atoms with E-state index in [9.17, 15) is 0 Å². The second kappa shape index (κ2) is 8.15. The van der Waals surface area contributed by atoms with Gasteiger partial charge in [0.05, 0.1) is 0 Å². The number of aryl methyl sites for hydroxylation is 1. The normalized spacial score (nSPS) is 12.9. The lowest BCUT2D eigenvalue weighted by Gasteiger charge is -2.07. The first-order valence-electron chi connectivity index (χ1n) is 6.06. The first-order chi connectivity index (χ1) is 7.72. The van der Waals surface area contributed by atoms with Gasteiger partial charge in [0.15, 0.2) is 0 Å². The van der Waals surface area contributed by atoms with Gasteiger partial charge in [0.1, 0.15) is 0 Å². The summed E-state index contributed by atoms with van der Waals surface area (Å²) in [4.78, 5) is 2.85. The highest BCUT2D eigenvalue weighted by atomic mass is 32.2. The molecule has 1 aromatic rings. The molecule has 0 fully saturated rings. The lowest BCUT2D eigenvalue weighted by Crippen LogP contribution is -2.16. The highest BCUT2D eigenvalue weighted by molar-refractivity contribution is 7.99. The number of rotatable bonds is 8. The molecule has 0 radical (unpaired) electrons. The first kappa shape index (κ1) is 14.1. The van der Waals surface area contributed by atoms with E-state index in [0.717, 1.165) is 19.0 Å². The summed E-state index contributed by atoms with van der Waals surface area (Å²) in [6.07, 6.45) is 1.30. The Hall–Kier alpha value is 0.01000. The molecule has 0 aliphatic carbocycles. The van der Waals surface area contributed by atoms with Crippen molar-refractivity contribution >= 4 is 23.1 Å². The van der Waals surface area contributed by atoms with E-state index in [1.807, 2.05) is 11.3 Å². The number of thioether (sulfide) groups is 1. The highest BCUT2D eigenvalue weighted by Gasteiger charge is 1.99. The number of hydrogen-bond acceptors (Lipinski definition) is 3. The minimum absolute atomic E-state index is 0.866. The Bertz CT molecular complexity index is 283. The van der Waals surface area contributed by atoms with Crippen LogP contribution in [0, 0.1) is 12.8 Å². The molecule has 0 saturated carbocycles. The smallest absolute Gasteiger partial charge is 0.0300 e.